The van der Waals surface area contributed by atoms with Crippen molar-refractivity contribution in [3.8, 4) is 5.88 Å². The molecule has 1 aromatic heterocycles. The van der Waals surface area contributed by atoms with E-state index in [0.717, 1.165) is 18.6 Å². The fourth-order valence-electron chi connectivity index (χ4n) is 3.30. The number of nitrogens with two attached hydrogens (primary N) is 1. The number of ether oxygens (including phenoxy) is 2. The van der Waals surface area contributed by atoms with E-state index in [1.54, 1.807) is 25.2 Å². The van der Waals surface area contributed by atoms with Crippen LogP contribution in [0.1, 0.15) is 35.8 Å². The third kappa shape index (κ3) is 4.48. The molecule has 0 aliphatic carbocycles. The molecule has 10 heteroatoms. The maximum Gasteiger partial charge on any atom is 0.275 e. The van der Waals surface area contributed by atoms with Crippen LogP contribution in [0.3, 0.4) is 0 Å². The van der Waals surface area contributed by atoms with E-state index < -0.39 is 11.4 Å². The molecule has 2 unspecified atom stereocenters. The van der Waals surface area contributed by atoms with Crippen molar-refractivity contribution in [1.29, 1.82) is 0 Å². The SMILES string of the molecule is CN1C(=O)CC(C)(c2cccc(NC(=O)c3cnc(OCC4CCO4)cn3)c2)N=C1N. The fraction of sp³-hybridized carbons (Fsp3) is 0.381. The molecule has 2 aromatic rings. The largest absolute Gasteiger partial charge is 0.474 e. The summed E-state index contributed by atoms with van der Waals surface area (Å²) < 4.78 is 10.8. The number of hydrogen-bond donors (Lipinski definition) is 2. The predicted octanol–water partition coefficient (Wildman–Crippen LogP) is 1.29. The van der Waals surface area contributed by atoms with Crippen LogP contribution in [0.4, 0.5) is 5.69 Å². The van der Waals surface area contributed by atoms with Gasteiger partial charge in [0.25, 0.3) is 5.91 Å². The smallest absolute Gasteiger partial charge is 0.275 e. The van der Waals surface area contributed by atoms with Crippen LogP contribution >= 0.6 is 0 Å². The van der Waals surface area contributed by atoms with Crippen LogP contribution in [0.25, 0.3) is 0 Å². The van der Waals surface area contributed by atoms with Crippen LogP contribution in [0.2, 0.25) is 0 Å². The lowest BCUT2D eigenvalue weighted by Crippen LogP contribution is -2.47. The van der Waals surface area contributed by atoms with E-state index in [4.69, 9.17) is 15.2 Å². The van der Waals surface area contributed by atoms with Gasteiger partial charge < -0.3 is 20.5 Å². The second-order valence-corrected chi connectivity index (χ2v) is 7.74. The molecule has 10 nitrogen and oxygen atoms in total. The molecule has 1 fully saturated rings. The van der Waals surface area contributed by atoms with Crippen LogP contribution in [0.15, 0.2) is 41.7 Å². The van der Waals surface area contributed by atoms with Crippen molar-refractivity contribution >= 4 is 23.5 Å². The van der Waals surface area contributed by atoms with Gasteiger partial charge in [0, 0.05) is 25.8 Å². The van der Waals surface area contributed by atoms with E-state index in [1.807, 2.05) is 13.0 Å². The first-order valence-electron chi connectivity index (χ1n) is 9.94. The zero-order chi connectivity index (χ0) is 22.0. The first kappa shape index (κ1) is 20.7. The third-order valence-corrected chi connectivity index (χ3v) is 5.39. The molecule has 2 atom stereocenters. The molecule has 2 amide bonds. The van der Waals surface area contributed by atoms with E-state index in [9.17, 15) is 9.59 Å². The Morgan fingerprint density at radius 3 is 2.84 bits per heavy atom. The van der Waals surface area contributed by atoms with Gasteiger partial charge in [0.15, 0.2) is 5.96 Å². The molecule has 3 N–H and O–H groups in total. The van der Waals surface area contributed by atoms with Crippen molar-refractivity contribution in [3.05, 3.63) is 47.9 Å². The second-order valence-electron chi connectivity index (χ2n) is 7.74. The van der Waals surface area contributed by atoms with Gasteiger partial charge in [-0.1, -0.05) is 12.1 Å². The zero-order valence-corrected chi connectivity index (χ0v) is 17.4. The Morgan fingerprint density at radius 2 is 2.19 bits per heavy atom. The number of carbonyl (C=O) groups excluding carboxylic acids is 2. The number of amides is 2. The first-order valence-corrected chi connectivity index (χ1v) is 9.94. The van der Waals surface area contributed by atoms with Crippen LogP contribution in [-0.2, 0) is 15.1 Å². The molecule has 31 heavy (non-hydrogen) atoms. The average molecular weight is 424 g/mol. The zero-order valence-electron chi connectivity index (χ0n) is 17.4. The van der Waals surface area contributed by atoms with Gasteiger partial charge in [-0.25, -0.2) is 15.0 Å². The molecule has 0 spiro atoms. The Balaban J connectivity index is 1.44. The quantitative estimate of drug-likeness (QED) is 0.714. The number of benzene rings is 1. The summed E-state index contributed by atoms with van der Waals surface area (Å²) in [5, 5.41) is 2.80. The molecule has 0 saturated carbocycles. The Hall–Kier alpha value is -3.53. The molecule has 2 aliphatic rings. The van der Waals surface area contributed by atoms with Crippen molar-refractivity contribution < 1.29 is 19.1 Å². The molecule has 3 heterocycles. The Bertz CT molecular complexity index is 1020. The monoisotopic (exact) mass is 424 g/mol. The summed E-state index contributed by atoms with van der Waals surface area (Å²) >= 11 is 0. The highest BCUT2D eigenvalue weighted by Crippen LogP contribution is 2.34. The number of rotatable bonds is 6. The summed E-state index contributed by atoms with van der Waals surface area (Å²) in [7, 11) is 1.59. The summed E-state index contributed by atoms with van der Waals surface area (Å²) in [6.45, 7) is 3.01. The van der Waals surface area contributed by atoms with Crippen molar-refractivity contribution in [2.24, 2.45) is 10.7 Å². The van der Waals surface area contributed by atoms with Gasteiger partial charge in [-0.2, -0.15) is 0 Å². The molecular weight excluding hydrogens is 400 g/mol. The Kier molecular flexibility index (Phi) is 5.55. The lowest BCUT2D eigenvalue weighted by atomic mass is 9.87. The number of nitrogens with zero attached hydrogens (tertiary/aromatic N) is 4. The molecule has 4 rings (SSSR count). The maximum absolute atomic E-state index is 12.6. The lowest BCUT2D eigenvalue weighted by molar-refractivity contribution is -0.128. The number of guanidine groups is 1. The minimum absolute atomic E-state index is 0.0958. The van der Waals surface area contributed by atoms with Crippen LogP contribution in [0.5, 0.6) is 5.88 Å². The summed E-state index contributed by atoms with van der Waals surface area (Å²) in [6.07, 6.45) is 4.01. The molecule has 1 aromatic carbocycles. The maximum atomic E-state index is 12.6. The van der Waals surface area contributed by atoms with E-state index in [1.165, 1.54) is 17.3 Å². The second kappa shape index (κ2) is 8.31. The number of aromatic nitrogens is 2. The number of aliphatic imine (C=N–C) groups is 1. The van der Waals surface area contributed by atoms with Gasteiger partial charge >= 0.3 is 0 Å². The highest BCUT2D eigenvalue weighted by molar-refractivity contribution is 6.03. The number of carbonyl (C=O) groups is 2. The Labute approximate surface area is 179 Å². The average Bonchev–Trinajstić information content (AvgIpc) is 2.71. The first-order chi connectivity index (χ1) is 14.8. The van der Waals surface area contributed by atoms with E-state index in [2.05, 4.69) is 20.3 Å². The van der Waals surface area contributed by atoms with Crippen molar-refractivity contribution in [2.45, 2.75) is 31.4 Å². The van der Waals surface area contributed by atoms with Crippen LogP contribution < -0.4 is 15.8 Å². The molecule has 162 valence electrons. The number of anilines is 1. The summed E-state index contributed by atoms with van der Waals surface area (Å²) in [5.41, 5.74) is 6.55. The van der Waals surface area contributed by atoms with Gasteiger partial charge in [-0.05, 0) is 24.6 Å². The predicted molar refractivity (Wildman–Crippen MR) is 113 cm³/mol. The van der Waals surface area contributed by atoms with Gasteiger partial charge in [-0.3, -0.25) is 14.5 Å². The number of hydrogen-bond acceptors (Lipinski definition) is 8. The van der Waals surface area contributed by atoms with E-state index in [0.29, 0.717) is 18.2 Å². The highest BCUT2D eigenvalue weighted by Gasteiger charge is 2.36. The molecule has 2 aliphatic heterocycles. The van der Waals surface area contributed by atoms with Crippen LogP contribution in [0, 0.1) is 0 Å². The van der Waals surface area contributed by atoms with Crippen molar-refractivity contribution in [1.82, 2.24) is 14.9 Å². The summed E-state index contributed by atoms with van der Waals surface area (Å²) in [6, 6.07) is 7.16. The van der Waals surface area contributed by atoms with Crippen molar-refractivity contribution in [3.63, 3.8) is 0 Å². The minimum atomic E-state index is -0.808. The Morgan fingerprint density at radius 1 is 1.39 bits per heavy atom. The topological polar surface area (TPSA) is 132 Å². The van der Waals surface area contributed by atoms with Crippen molar-refractivity contribution in [2.75, 3.05) is 25.6 Å². The normalized spacial score (nSPS) is 23.0. The standard InChI is InChI=1S/C21H24N6O4/c1-21(9-18(28)27(2)20(22)26-21)13-4-3-5-14(8-13)25-19(29)16-10-24-17(11-23-16)31-12-15-6-7-30-15/h3-5,8,10-11,15H,6-7,9,12H2,1-2H3,(H2,22,26)(H,25,29). The van der Waals surface area contributed by atoms with Gasteiger partial charge in [0.05, 0.1) is 30.5 Å². The van der Waals surface area contributed by atoms with E-state index >= 15 is 0 Å². The van der Waals surface area contributed by atoms with E-state index in [-0.39, 0.29) is 30.1 Å². The van der Waals surface area contributed by atoms with Gasteiger partial charge in [0.2, 0.25) is 11.8 Å². The fourth-order valence-corrected chi connectivity index (χ4v) is 3.30. The lowest BCUT2D eigenvalue weighted by Gasteiger charge is -2.33. The van der Waals surface area contributed by atoms with Gasteiger partial charge in [0.1, 0.15) is 12.3 Å². The highest BCUT2D eigenvalue weighted by atomic mass is 16.5. The third-order valence-electron chi connectivity index (χ3n) is 5.39. The van der Waals surface area contributed by atoms with Gasteiger partial charge in [-0.15, -0.1) is 0 Å². The molecule has 0 bridgehead atoms. The molecular formula is C21H24N6O4. The number of nitrogens with one attached hydrogen (secondary N) is 1. The molecule has 1 saturated heterocycles. The summed E-state index contributed by atoms with van der Waals surface area (Å²) in [5.74, 6) is -0.0314. The minimum Gasteiger partial charge on any atom is -0.474 e. The van der Waals surface area contributed by atoms with Crippen LogP contribution in [-0.4, -0.2) is 59.0 Å². The summed E-state index contributed by atoms with van der Waals surface area (Å²) in [4.78, 5) is 38.9. The molecule has 0 radical (unpaired) electrons.